The Morgan fingerprint density at radius 1 is 0.793 bits per heavy atom. The fraction of sp³-hybridized carbons (Fsp3) is 0.0435. The first-order chi connectivity index (χ1) is 14.0. The molecule has 1 heterocycles. The Labute approximate surface area is 165 Å². The van der Waals surface area contributed by atoms with Gasteiger partial charge in [0.1, 0.15) is 17.4 Å². The lowest BCUT2D eigenvalue weighted by atomic mass is 9.95. The van der Waals surface area contributed by atoms with Crippen molar-refractivity contribution in [1.29, 1.82) is 0 Å². The van der Waals surface area contributed by atoms with E-state index in [-0.39, 0.29) is 11.1 Å². The molecule has 1 amide bonds. The minimum absolute atomic E-state index is 0.142. The van der Waals surface area contributed by atoms with Crippen molar-refractivity contribution in [2.24, 2.45) is 0 Å². The molecule has 0 saturated carbocycles. The van der Waals surface area contributed by atoms with Crippen molar-refractivity contribution in [3.8, 4) is 0 Å². The Hall–Kier alpha value is -3.80. The van der Waals surface area contributed by atoms with Gasteiger partial charge in [-0.15, -0.1) is 0 Å². The third-order valence-electron chi connectivity index (χ3n) is 4.78. The number of rotatable bonds is 3. The molecule has 0 aromatic heterocycles. The summed E-state index contributed by atoms with van der Waals surface area (Å²) >= 11 is 0. The standard InChI is InChI=1S/C23H15F2NO3/c24-16-10-6-14(7-11-16)20-19(21(27)15-8-12-17(25)13-9-15)22(28)23(29)26(20)18-4-2-1-3-5-18/h1-13,20,27H/t20-/m0/s1. The number of halogens is 2. The maximum atomic E-state index is 13.5. The molecule has 0 unspecified atom stereocenters. The van der Waals surface area contributed by atoms with Gasteiger partial charge in [-0.05, 0) is 54.1 Å². The molecule has 4 rings (SSSR count). The van der Waals surface area contributed by atoms with Crippen molar-refractivity contribution in [1.82, 2.24) is 0 Å². The minimum Gasteiger partial charge on any atom is -0.507 e. The highest BCUT2D eigenvalue weighted by Gasteiger charge is 2.46. The van der Waals surface area contributed by atoms with Gasteiger partial charge in [-0.2, -0.15) is 0 Å². The molecule has 0 aliphatic carbocycles. The number of Topliss-reactive ketones (excluding diaryl/α,β-unsaturated/α-hetero) is 1. The molecule has 1 saturated heterocycles. The Kier molecular flexibility index (Phi) is 4.68. The second-order valence-corrected chi connectivity index (χ2v) is 6.56. The van der Waals surface area contributed by atoms with Gasteiger partial charge >= 0.3 is 0 Å². The second-order valence-electron chi connectivity index (χ2n) is 6.56. The average Bonchev–Trinajstić information content (AvgIpc) is 3.00. The van der Waals surface area contributed by atoms with Crippen LogP contribution >= 0.6 is 0 Å². The van der Waals surface area contributed by atoms with Gasteiger partial charge in [0.25, 0.3) is 11.7 Å². The van der Waals surface area contributed by atoms with E-state index in [4.69, 9.17) is 0 Å². The van der Waals surface area contributed by atoms with Crippen LogP contribution in [0.5, 0.6) is 0 Å². The van der Waals surface area contributed by atoms with Crippen LogP contribution < -0.4 is 4.90 Å². The van der Waals surface area contributed by atoms with E-state index in [1.165, 1.54) is 41.3 Å². The molecule has 0 spiro atoms. The maximum absolute atomic E-state index is 13.5. The summed E-state index contributed by atoms with van der Waals surface area (Å²) in [5.41, 5.74) is 0.974. The Bertz CT molecular complexity index is 1110. The highest BCUT2D eigenvalue weighted by molar-refractivity contribution is 6.51. The lowest BCUT2D eigenvalue weighted by molar-refractivity contribution is -0.132. The van der Waals surface area contributed by atoms with Gasteiger partial charge in [-0.25, -0.2) is 8.78 Å². The van der Waals surface area contributed by atoms with Crippen LogP contribution in [-0.4, -0.2) is 16.8 Å². The number of aliphatic hydroxyl groups excluding tert-OH is 1. The summed E-state index contributed by atoms with van der Waals surface area (Å²) in [5, 5.41) is 10.8. The van der Waals surface area contributed by atoms with Crippen LogP contribution in [0, 0.1) is 11.6 Å². The third kappa shape index (κ3) is 3.29. The first-order valence-electron chi connectivity index (χ1n) is 8.85. The summed E-state index contributed by atoms with van der Waals surface area (Å²) in [4.78, 5) is 27.0. The molecule has 3 aromatic rings. The van der Waals surface area contributed by atoms with E-state index in [0.717, 1.165) is 12.1 Å². The predicted octanol–water partition coefficient (Wildman–Crippen LogP) is 4.59. The monoisotopic (exact) mass is 391 g/mol. The summed E-state index contributed by atoms with van der Waals surface area (Å²) in [7, 11) is 0. The molecular weight excluding hydrogens is 376 g/mol. The van der Waals surface area contributed by atoms with Crippen molar-refractivity contribution in [2.45, 2.75) is 6.04 Å². The van der Waals surface area contributed by atoms with E-state index >= 15 is 0 Å². The van der Waals surface area contributed by atoms with Crippen molar-refractivity contribution in [3.05, 3.63) is 107 Å². The first kappa shape index (κ1) is 18.6. The Morgan fingerprint density at radius 3 is 1.93 bits per heavy atom. The molecule has 144 valence electrons. The quantitative estimate of drug-likeness (QED) is 0.404. The highest BCUT2D eigenvalue weighted by Crippen LogP contribution is 2.42. The average molecular weight is 391 g/mol. The summed E-state index contributed by atoms with van der Waals surface area (Å²) in [6.07, 6.45) is 0. The lowest BCUT2D eigenvalue weighted by Crippen LogP contribution is -2.29. The number of benzene rings is 3. The van der Waals surface area contributed by atoms with Crippen LogP contribution in [0.3, 0.4) is 0 Å². The molecule has 6 heteroatoms. The molecule has 1 fully saturated rings. The van der Waals surface area contributed by atoms with Crippen LogP contribution in [0.2, 0.25) is 0 Å². The van der Waals surface area contributed by atoms with Gasteiger partial charge in [0.2, 0.25) is 0 Å². The molecule has 4 nitrogen and oxygen atoms in total. The topological polar surface area (TPSA) is 57.6 Å². The van der Waals surface area contributed by atoms with Crippen molar-refractivity contribution in [2.75, 3.05) is 4.90 Å². The molecular formula is C23H15F2NO3. The predicted molar refractivity (Wildman–Crippen MR) is 104 cm³/mol. The summed E-state index contributed by atoms with van der Waals surface area (Å²) in [6, 6.07) is 17.9. The molecule has 29 heavy (non-hydrogen) atoms. The SMILES string of the molecule is O=C1C(=O)N(c2ccccc2)[C@@H](c2ccc(F)cc2)C1=C(O)c1ccc(F)cc1. The number of amides is 1. The van der Waals surface area contributed by atoms with Gasteiger partial charge in [-0.3, -0.25) is 14.5 Å². The van der Waals surface area contributed by atoms with E-state index in [2.05, 4.69) is 0 Å². The van der Waals surface area contributed by atoms with Crippen LogP contribution in [-0.2, 0) is 9.59 Å². The molecule has 1 aliphatic heterocycles. The number of hydrogen-bond donors (Lipinski definition) is 1. The molecule has 3 aromatic carbocycles. The molecule has 0 bridgehead atoms. The van der Waals surface area contributed by atoms with Gasteiger partial charge in [0, 0.05) is 11.3 Å². The zero-order chi connectivity index (χ0) is 20.5. The number of hydrogen-bond acceptors (Lipinski definition) is 3. The maximum Gasteiger partial charge on any atom is 0.300 e. The van der Waals surface area contributed by atoms with Crippen LogP contribution in [0.1, 0.15) is 17.2 Å². The zero-order valence-corrected chi connectivity index (χ0v) is 15.0. The van der Waals surface area contributed by atoms with Crippen LogP contribution in [0.15, 0.2) is 84.4 Å². The van der Waals surface area contributed by atoms with Gasteiger partial charge in [0.05, 0.1) is 11.6 Å². The Balaban J connectivity index is 1.94. The fourth-order valence-electron chi connectivity index (χ4n) is 3.41. The Morgan fingerprint density at radius 2 is 1.34 bits per heavy atom. The van der Waals surface area contributed by atoms with E-state index in [9.17, 15) is 23.5 Å². The largest absolute Gasteiger partial charge is 0.507 e. The summed E-state index contributed by atoms with van der Waals surface area (Å²) in [6.45, 7) is 0. The smallest absolute Gasteiger partial charge is 0.300 e. The summed E-state index contributed by atoms with van der Waals surface area (Å²) in [5.74, 6) is -3.07. The molecule has 1 N–H and O–H groups in total. The van der Waals surface area contributed by atoms with Crippen molar-refractivity contribution >= 4 is 23.1 Å². The van der Waals surface area contributed by atoms with Crippen molar-refractivity contribution in [3.63, 3.8) is 0 Å². The highest BCUT2D eigenvalue weighted by atomic mass is 19.1. The van der Waals surface area contributed by atoms with E-state index < -0.39 is 35.1 Å². The normalized spacial score (nSPS) is 18.3. The van der Waals surface area contributed by atoms with Crippen LogP contribution in [0.25, 0.3) is 5.76 Å². The molecule has 0 radical (unpaired) electrons. The fourth-order valence-corrected chi connectivity index (χ4v) is 3.41. The number of nitrogens with zero attached hydrogens (tertiary/aromatic N) is 1. The second kappa shape index (κ2) is 7.31. The van der Waals surface area contributed by atoms with E-state index in [1.54, 1.807) is 30.3 Å². The summed E-state index contributed by atoms with van der Waals surface area (Å²) < 4.78 is 26.7. The first-order valence-corrected chi connectivity index (χ1v) is 8.85. The third-order valence-corrected chi connectivity index (χ3v) is 4.78. The number of aliphatic hydroxyl groups is 1. The van der Waals surface area contributed by atoms with Crippen molar-refractivity contribution < 1.29 is 23.5 Å². The van der Waals surface area contributed by atoms with Crippen LogP contribution in [0.4, 0.5) is 14.5 Å². The molecule has 1 atom stereocenters. The van der Waals surface area contributed by atoms with E-state index in [1.807, 2.05) is 0 Å². The number of carbonyl (C=O) groups is 2. The van der Waals surface area contributed by atoms with Gasteiger partial charge in [0.15, 0.2) is 0 Å². The van der Waals surface area contributed by atoms with Gasteiger partial charge in [-0.1, -0.05) is 30.3 Å². The molecule has 1 aliphatic rings. The number of para-hydroxylation sites is 1. The number of carbonyl (C=O) groups excluding carboxylic acids is 2. The zero-order valence-electron chi connectivity index (χ0n) is 15.0. The van der Waals surface area contributed by atoms with Gasteiger partial charge < -0.3 is 5.11 Å². The number of ketones is 1. The lowest BCUT2D eigenvalue weighted by Gasteiger charge is -2.25. The van der Waals surface area contributed by atoms with E-state index in [0.29, 0.717) is 11.3 Å². The minimum atomic E-state index is -0.956. The number of anilines is 1.